The summed E-state index contributed by atoms with van der Waals surface area (Å²) in [6, 6.07) is 5.70. The first kappa shape index (κ1) is 16.3. The number of carbonyl (C=O) groups is 2. The van der Waals surface area contributed by atoms with Crippen molar-refractivity contribution in [2.45, 2.75) is 26.3 Å². The number of para-hydroxylation sites is 1. The number of methoxy groups -OCH3 is 1. The Morgan fingerprint density at radius 3 is 2.50 bits per heavy atom. The fraction of sp³-hybridized carbons (Fsp3) is 0.429. The molecule has 0 fully saturated rings. The maximum Gasteiger partial charge on any atom is 0.328 e. The molecular formula is C14H19ClN2O3. The maximum absolute atomic E-state index is 11.9. The molecule has 1 aromatic rings. The van der Waals surface area contributed by atoms with E-state index in [1.165, 1.54) is 7.11 Å². The SMILES string of the molecule is COC(=O)[C@@H](CC(C)C)NC(=O)Nc1ccccc1Cl. The van der Waals surface area contributed by atoms with Gasteiger partial charge in [0.1, 0.15) is 6.04 Å². The predicted octanol–water partition coefficient (Wildman–Crippen LogP) is 3.05. The van der Waals surface area contributed by atoms with Crippen LogP contribution in [0, 0.1) is 5.92 Å². The van der Waals surface area contributed by atoms with E-state index in [9.17, 15) is 9.59 Å². The second-order valence-corrected chi connectivity index (χ2v) is 5.19. The van der Waals surface area contributed by atoms with Crippen LogP contribution in [0.4, 0.5) is 10.5 Å². The third-order valence-electron chi connectivity index (χ3n) is 2.62. The molecule has 20 heavy (non-hydrogen) atoms. The predicted molar refractivity (Wildman–Crippen MR) is 78.9 cm³/mol. The molecule has 1 atom stereocenters. The van der Waals surface area contributed by atoms with Crippen LogP contribution >= 0.6 is 11.6 Å². The van der Waals surface area contributed by atoms with Gasteiger partial charge >= 0.3 is 12.0 Å². The highest BCUT2D eigenvalue weighted by Crippen LogP contribution is 2.20. The minimum absolute atomic E-state index is 0.250. The van der Waals surface area contributed by atoms with Crippen LogP contribution in [0.5, 0.6) is 0 Å². The molecule has 0 radical (unpaired) electrons. The quantitative estimate of drug-likeness (QED) is 0.821. The van der Waals surface area contributed by atoms with E-state index in [-0.39, 0.29) is 5.92 Å². The Bertz CT molecular complexity index is 477. The van der Waals surface area contributed by atoms with Crippen LogP contribution in [-0.4, -0.2) is 25.2 Å². The molecule has 0 heterocycles. The molecule has 1 rings (SSSR count). The molecule has 0 bridgehead atoms. The van der Waals surface area contributed by atoms with E-state index in [1.54, 1.807) is 24.3 Å². The number of carbonyl (C=O) groups excluding carboxylic acids is 2. The van der Waals surface area contributed by atoms with Crippen molar-refractivity contribution in [1.29, 1.82) is 0 Å². The fourth-order valence-corrected chi connectivity index (χ4v) is 1.89. The summed E-state index contributed by atoms with van der Waals surface area (Å²) in [6.07, 6.45) is 0.503. The largest absolute Gasteiger partial charge is 0.467 e. The molecule has 0 aliphatic carbocycles. The van der Waals surface area contributed by atoms with E-state index in [2.05, 4.69) is 15.4 Å². The van der Waals surface area contributed by atoms with Gasteiger partial charge in [0, 0.05) is 0 Å². The number of hydrogen-bond donors (Lipinski definition) is 2. The van der Waals surface area contributed by atoms with Crippen molar-refractivity contribution in [2.75, 3.05) is 12.4 Å². The lowest BCUT2D eigenvalue weighted by Gasteiger charge is -2.18. The number of ether oxygens (including phenoxy) is 1. The van der Waals surface area contributed by atoms with Crippen LogP contribution < -0.4 is 10.6 Å². The third-order valence-corrected chi connectivity index (χ3v) is 2.95. The van der Waals surface area contributed by atoms with Gasteiger partial charge in [0.25, 0.3) is 0 Å². The van der Waals surface area contributed by atoms with Crippen molar-refractivity contribution in [3.05, 3.63) is 29.3 Å². The van der Waals surface area contributed by atoms with Gasteiger partial charge in [-0.3, -0.25) is 0 Å². The average Bonchev–Trinajstić information content (AvgIpc) is 2.39. The molecule has 110 valence electrons. The van der Waals surface area contributed by atoms with Crippen LogP contribution in [0.3, 0.4) is 0 Å². The van der Waals surface area contributed by atoms with Gasteiger partial charge in [-0.15, -0.1) is 0 Å². The summed E-state index contributed by atoms with van der Waals surface area (Å²) < 4.78 is 4.68. The van der Waals surface area contributed by atoms with Crippen LogP contribution in [0.2, 0.25) is 5.02 Å². The van der Waals surface area contributed by atoms with Crippen LogP contribution in [0.15, 0.2) is 24.3 Å². The standard InChI is InChI=1S/C14H19ClN2O3/c1-9(2)8-12(13(18)20-3)17-14(19)16-11-7-5-4-6-10(11)15/h4-7,9,12H,8H2,1-3H3,(H2,16,17,19)/t12-/m1/s1. The molecule has 2 N–H and O–H groups in total. The van der Waals surface area contributed by atoms with Gasteiger partial charge in [-0.1, -0.05) is 37.6 Å². The molecular weight excluding hydrogens is 280 g/mol. The van der Waals surface area contributed by atoms with Crippen LogP contribution in [0.25, 0.3) is 0 Å². The van der Waals surface area contributed by atoms with Gasteiger partial charge in [-0.05, 0) is 24.5 Å². The molecule has 0 saturated carbocycles. The van der Waals surface area contributed by atoms with Crippen molar-refractivity contribution in [2.24, 2.45) is 5.92 Å². The zero-order valence-electron chi connectivity index (χ0n) is 11.8. The summed E-state index contributed by atoms with van der Waals surface area (Å²) in [4.78, 5) is 23.5. The lowest BCUT2D eigenvalue weighted by Crippen LogP contribution is -2.44. The van der Waals surface area contributed by atoms with E-state index < -0.39 is 18.0 Å². The Labute approximate surface area is 123 Å². The summed E-state index contributed by atoms with van der Waals surface area (Å²) in [5.41, 5.74) is 0.486. The summed E-state index contributed by atoms with van der Waals surface area (Å²) in [5.74, 6) is -0.215. The number of esters is 1. The Hall–Kier alpha value is -1.75. The number of urea groups is 1. The number of nitrogens with one attached hydrogen (secondary N) is 2. The molecule has 0 aromatic heterocycles. The van der Waals surface area contributed by atoms with Crippen LogP contribution in [0.1, 0.15) is 20.3 Å². The second-order valence-electron chi connectivity index (χ2n) is 4.78. The van der Waals surface area contributed by atoms with E-state index >= 15 is 0 Å². The molecule has 0 spiro atoms. The Kier molecular flexibility index (Phi) is 6.31. The van der Waals surface area contributed by atoms with Crippen molar-refractivity contribution in [3.63, 3.8) is 0 Å². The van der Waals surface area contributed by atoms with Gasteiger partial charge in [-0.25, -0.2) is 9.59 Å². The molecule has 2 amide bonds. The lowest BCUT2D eigenvalue weighted by atomic mass is 10.0. The number of hydrogen-bond acceptors (Lipinski definition) is 3. The van der Waals surface area contributed by atoms with Gasteiger partial charge in [-0.2, -0.15) is 0 Å². The number of halogens is 1. The fourth-order valence-electron chi connectivity index (χ4n) is 1.71. The molecule has 1 aromatic carbocycles. The number of amides is 2. The first-order valence-corrected chi connectivity index (χ1v) is 6.71. The molecule has 6 heteroatoms. The van der Waals surface area contributed by atoms with Crippen molar-refractivity contribution in [1.82, 2.24) is 5.32 Å². The van der Waals surface area contributed by atoms with Gasteiger partial charge < -0.3 is 15.4 Å². The summed E-state index contributed by atoms with van der Waals surface area (Å²) >= 11 is 5.94. The summed E-state index contributed by atoms with van der Waals surface area (Å²) in [6.45, 7) is 3.92. The third kappa shape index (κ3) is 5.09. The van der Waals surface area contributed by atoms with E-state index in [4.69, 9.17) is 11.6 Å². The molecule has 0 unspecified atom stereocenters. The normalized spacial score (nSPS) is 11.8. The van der Waals surface area contributed by atoms with E-state index in [0.717, 1.165) is 0 Å². The molecule has 5 nitrogen and oxygen atoms in total. The second kappa shape index (κ2) is 7.75. The first-order chi connectivity index (χ1) is 9.43. The maximum atomic E-state index is 11.9. The molecule has 0 aliphatic rings. The van der Waals surface area contributed by atoms with Crippen molar-refractivity contribution < 1.29 is 14.3 Å². The van der Waals surface area contributed by atoms with Gasteiger partial charge in [0.2, 0.25) is 0 Å². The monoisotopic (exact) mass is 298 g/mol. The van der Waals surface area contributed by atoms with Crippen molar-refractivity contribution >= 4 is 29.3 Å². The highest BCUT2D eigenvalue weighted by molar-refractivity contribution is 6.33. The Balaban J connectivity index is 2.66. The van der Waals surface area contributed by atoms with E-state index in [0.29, 0.717) is 17.1 Å². The van der Waals surface area contributed by atoms with Gasteiger partial charge in [0.05, 0.1) is 17.8 Å². The lowest BCUT2D eigenvalue weighted by molar-refractivity contribution is -0.143. The minimum Gasteiger partial charge on any atom is -0.467 e. The topological polar surface area (TPSA) is 67.4 Å². The summed E-state index contributed by atoms with van der Waals surface area (Å²) in [5, 5.41) is 5.63. The van der Waals surface area contributed by atoms with Crippen LogP contribution in [-0.2, 0) is 9.53 Å². The van der Waals surface area contributed by atoms with Crippen molar-refractivity contribution in [3.8, 4) is 0 Å². The summed E-state index contributed by atoms with van der Waals surface area (Å²) in [7, 11) is 1.29. The highest BCUT2D eigenvalue weighted by Gasteiger charge is 2.22. The minimum atomic E-state index is -0.678. The molecule has 0 saturated heterocycles. The zero-order valence-corrected chi connectivity index (χ0v) is 12.5. The highest BCUT2D eigenvalue weighted by atomic mass is 35.5. The average molecular weight is 299 g/mol. The first-order valence-electron chi connectivity index (χ1n) is 6.34. The van der Waals surface area contributed by atoms with E-state index in [1.807, 2.05) is 13.8 Å². The number of anilines is 1. The zero-order chi connectivity index (χ0) is 15.1. The number of benzene rings is 1. The smallest absolute Gasteiger partial charge is 0.328 e. The Morgan fingerprint density at radius 1 is 1.30 bits per heavy atom. The van der Waals surface area contributed by atoms with Gasteiger partial charge in [0.15, 0.2) is 0 Å². The Morgan fingerprint density at radius 2 is 1.95 bits per heavy atom. The molecule has 0 aliphatic heterocycles. The number of rotatable bonds is 5.